The van der Waals surface area contributed by atoms with Gasteiger partial charge in [-0.2, -0.15) is 0 Å². The Morgan fingerprint density at radius 3 is 2.47 bits per heavy atom. The van der Waals surface area contributed by atoms with E-state index in [2.05, 4.69) is 32.0 Å². The van der Waals surface area contributed by atoms with Crippen molar-refractivity contribution in [2.75, 3.05) is 40.1 Å². The molecule has 4 heteroatoms. The molecular formula is C15H25NO3. The summed E-state index contributed by atoms with van der Waals surface area (Å²) in [5.74, 6) is 0. The van der Waals surface area contributed by atoms with Crippen LogP contribution in [0.1, 0.15) is 22.7 Å². The molecular weight excluding hydrogens is 242 g/mol. The van der Waals surface area contributed by atoms with Gasteiger partial charge in [0.15, 0.2) is 0 Å². The molecule has 0 aromatic heterocycles. The Kier molecular flexibility index (Phi) is 7.67. The maximum atomic E-state index is 6.14. The van der Waals surface area contributed by atoms with Gasteiger partial charge in [-0.1, -0.05) is 23.8 Å². The third-order valence-electron chi connectivity index (χ3n) is 2.94. The fraction of sp³-hybridized carbons (Fsp3) is 0.600. The first kappa shape index (κ1) is 16.1. The fourth-order valence-electron chi connectivity index (χ4n) is 1.82. The van der Waals surface area contributed by atoms with E-state index < -0.39 is 0 Å². The Hall–Kier alpha value is -0.940. The van der Waals surface area contributed by atoms with Crippen molar-refractivity contribution in [3.8, 4) is 0 Å². The molecule has 0 fully saturated rings. The van der Waals surface area contributed by atoms with Gasteiger partial charge < -0.3 is 19.9 Å². The molecule has 0 heterocycles. The molecule has 108 valence electrons. The number of nitrogens with two attached hydrogens (primary N) is 1. The largest absolute Gasteiger partial charge is 0.382 e. The summed E-state index contributed by atoms with van der Waals surface area (Å²) in [4.78, 5) is 0. The van der Waals surface area contributed by atoms with Crippen LogP contribution in [-0.2, 0) is 14.2 Å². The number of methoxy groups -OCH3 is 1. The third kappa shape index (κ3) is 6.16. The first-order chi connectivity index (χ1) is 9.15. The second-order valence-corrected chi connectivity index (χ2v) is 4.65. The number of hydrogen-bond acceptors (Lipinski definition) is 4. The highest BCUT2D eigenvalue weighted by Crippen LogP contribution is 2.17. The molecule has 0 spiro atoms. The minimum Gasteiger partial charge on any atom is -0.382 e. The molecule has 0 saturated carbocycles. The second kappa shape index (κ2) is 9.04. The summed E-state index contributed by atoms with van der Waals surface area (Å²) in [6.07, 6.45) is 0. The Morgan fingerprint density at radius 1 is 1.05 bits per heavy atom. The zero-order chi connectivity index (χ0) is 14.1. The summed E-state index contributed by atoms with van der Waals surface area (Å²) < 4.78 is 15.7. The zero-order valence-electron chi connectivity index (χ0n) is 12.1. The van der Waals surface area contributed by atoms with Crippen molar-refractivity contribution in [2.24, 2.45) is 5.73 Å². The van der Waals surface area contributed by atoms with Crippen LogP contribution in [0.2, 0.25) is 0 Å². The smallest absolute Gasteiger partial charge is 0.0701 e. The standard InChI is InChI=1S/C15H25NO3/c1-12-4-5-13(2)14(10-12)15(16)11-19-9-8-18-7-6-17-3/h4-5,10,15H,6-9,11,16H2,1-3H3. The van der Waals surface area contributed by atoms with E-state index in [1.807, 2.05) is 0 Å². The van der Waals surface area contributed by atoms with Gasteiger partial charge in [0.1, 0.15) is 0 Å². The molecule has 1 aromatic carbocycles. The lowest BCUT2D eigenvalue weighted by molar-refractivity contribution is 0.0215. The van der Waals surface area contributed by atoms with Crippen LogP contribution >= 0.6 is 0 Å². The van der Waals surface area contributed by atoms with E-state index in [1.54, 1.807) is 7.11 Å². The van der Waals surface area contributed by atoms with Gasteiger partial charge in [-0.15, -0.1) is 0 Å². The van der Waals surface area contributed by atoms with Crippen molar-refractivity contribution in [2.45, 2.75) is 19.9 Å². The minimum atomic E-state index is -0.0844. The minimum absolute atomic E-state index is 0.0844. The molecule has 1 unspecified atom stereocenters. The molecule has 0 saturated heterocycles. The Labute approximate surface area is 115 Å². The van der Waals surface area contributed by atoms with Crippen molar-refractivity contribution in [1.82, 2.24) is 0 Å². The predicted molar refractivity (Wildman–Crippen MR) is 76.4 cm³/mol. The summed E-state index contributed by atoms with van der Waals surface area (Å²) >= 11 is 0. The maximum Gasteiger partial charge on any atom is 0.0701 e. The lowest BCUT2D eigenvalue weighted by atomic mass is 10.00. The van der Waals surface area contributed by atoms with Gasteiger partial charge in [0.25, 0.3) is 0 Å². The molecule has 0 aliphatic rings. The summed E-state index contributed by atoms with van der Waals surface area (Å²) in [5.41, 5.74) is 9.72. The predicted octanol–water partition coefficient (Wildman–Crippen LogP) is 1.98. The van der Waals surface area contributed by atoms with Crippen molar-refractivity contribution >= 4 is 0 Å². The number of benzene rings is 1. The maximum absolute atomic E-state index is 6.14. The van der Waals surface area contributed by atoms with E-state index in [9.17, 15) is 0 Å². The Bertz CT molecular complexity index is 368. The lowest BCUT2D eigenvalue weighted by Crippen LogP contribution is -2.20. The van der Waals surface area contributed by atoms with Crippen molar-refractivity contribution in [1.29, 1.82) is 0 Å². The van der Waals surface area contributed by atoms with E-state index in [4.69, 9.17) is 19.9 Å². The highest BCUT2D eigenvalue weighted by molar-refractivity contribution is 5.32. The number of aryl methyl sites for hydroxylation is 2. The van der Waals surface area contributed by atoms with Gasteiger partial charge in [0.2, 0.25) is 0 Å². The molecule has 0 aliphatic heterocycles. The van der Waals surface area contributed by atoms with Crippen LogP contribution in [0.25, 0.3) is 0 Å². The van der Waals surface area contributed by atoms with E-state index in [-0.39, 0.29) is 6.04 Å². The van der Waals surface area contributed by atoms with Gasteiger partial charge in [-0.05, 0) is 25.0 Å². The molecule has 0 bridgehead atoms. The topological polar surface area (TPSA) is 53.7 Å². The van der Waals surface area contributed by atoms with Crippen molar-refractivity contribution in [3.05, 3.63) is 34.9 Å². The van der Waals surface area contributed by atoms with Crippen LogP contribution < -0.4 is 5.73 Å². The molecule has 19 heavy (non-hydrogen) atoms. The Morgan fingerprint density at radius 2 is 1.74 bits per heavy atom. The summed E-state index contributed by atoms with van der Waals surface area (Å²) in [5, 5.41) is 0. The molecule has 0 radical (unpaired) electrons. The molecule has 4 nitrogen and oxygen atoms in total. The highest BCUT2D eigenvalue weighted by Gasteiger charge is 2.09. The van der Waals surface area contributed by atoms with Crippen molar-refractivity contribution in [3.63, 3.8) is 0 Å². The van der Waals surface area contributed by atoms with Gasteiger partial charge in [-0.25, -0.2) is 0 Å². The van der Waals surface area contributed by atoms with Crippen LogP contribution in [0.5, 0.6) is 0 Å². The third-order valence-corrected chi connectivity index (χ3v) is 2.94. The molecule has 0 amide bonds. The summed E-state index contributed by atoms with van der Waals surface area (Å²) in [6, 6.07) is 6.23. The molecule has 2 N–H and O–H groups in total. The number of hydrogen-bond donors (Lipinski definition) is 1. The van der Waals surface area contributed by atoms with E-state index in [0.29, 0.717) is 33.0 Å². The summed E-state index contributed by atoms with van der Waals surface area (Å²) in [6.45, 7) is 7.00. The van der Waals surface area contributed by atoms with Gasteiger partial charge in [0.05, 0.1) is 39.1 Å². The quantitative estimate of drug-likeness (QED) is 0.695. The summed E-state index contributed by atoms with van der Waals surface area (Å²) in [7, 11) is 1.66. The van der Waals surface area contributed by atoms with E-state index in [0.717, 1.165) is 5.56 Å². The lowest BCUT2D eigenvalue weighted by Gasteiger charge is -2.16. The number of ether oxygens (including phenoxy) is 3. The molecule has 1 atom stereocenters. The van der Waals surface area contributed by atoms with Gasteiger partial charge in [0, 0.05) is 7.11 Å². The first-order valence-corrected chi connectivity index (χ1v) is 6.62. The highest BCUT2D eigenvalue weighted by atomic mass is 16.5. The van der Waals surface area contributed by atoms with Gasteiger partial charge in [-0.3, -0.25) is 0 Å². The molecule has 1 rings (SSSR count). The van der Waals surface area contributed by atoms with Crippen LogP contribution in [0, 0.1) is 13.8 Å². The van der Waals surface area contributed by atoms with Gasteiger partial charge >= 0.3 is 0 Å². The molecule has 0 aliphatic carbocycles. The van der Waals surface area contributed by atoms with Crippen LogP contribution in [-0.4, -0.2) is 40.1 Å². The Balaban J connectivity index is 2.23. The van der Waals surface area contributed by atoms with Crippen LogP contribution in [0.3, 0.4) is 0 Å². The fourth-order valence-corrected chi connectivity index (χ4v) is 1.82. The van der Waals surface area contributed by atoms with E-state index >= 15 is 0 Å². The van der Waals surface area contributed by atoms with Crippen LogP contribution in [0.4, 0.5) is 0 Å². The molecule has 1 aromatic rings. The average Bonchev–Trinajstić information content (AvgIpc) is 2.40. The average molecular weight is 267 g/mol. The van der Waals surface area contributed by atoms with Crippen molar-refractivity contribution < 1.29 is 14.2 Å². The number of rotatable bonds is 9. The van der Waals surface area contributed by atoms with Crippen LogP contribution in [0.15, 0.2) is 18.2 Å². The van der Waals surface area contributed by atoms with E-state index in [1.165, 1.54) is 11.1 Å². The SMILES string of the molecule is COCCOCCOCC(N)c1cc(C)ccc1C. The second-order valence-electron chi connectivity index (χ2n) is 4.65. The first-order valence-electron chi connectivity index (χ1n) is 6.62. The monoisotopic (exact) mass is 267 g/mol. The normalized spacial score (nSPS) is 12.6. The zero-order valence-corrected chi connectivity index (χ0v) is 12.1.